The summed E-state index contributed by atoms with van der Waals surface area (Å²) in [4.78, 5) is 0. The molecule has 2 fully saturated rings. The zero-order valence-corrected chi connectivity index (χ0v) is 33.2. The highest BCUT2D eigenvalue weighted by atomic mass is 16.7. The minimum absolute atomic E-state index is 0.0260. The Hall–Kier alpha value is -4.34. The van der Waals surface area contributed by atoms with Gasteiger partial charge < -0.3 is 52.8 Å². The molecule has 312 valence electrons. The Morgan fingerprint density at radius 2 is 0.780 bits per heavy atom. The van der Waals surface area contributed by atoms with Crippen LogP contribution in [0.2, 0.25) is 0 Å². The van der Waals surface area contributed by atoms with Gasteiger partial charge in [-0.05, 0) is 27.8 Å². The van der Waals surface area contributed by atoms with Crippen molar-refractivity contribution in [2.45, 2.75) is 94.4 Å². The Labute approximate surface area is 346 Å². The van der Waals surface area contributed by atoms with Crippen LogP contribution in [0.5, 0.6) is 0 Å². The molecular weight excluding hydrogens is 753 g/mol. The van der Waals surface area contributed by atoms with Crippen LogP contribution in [0, 0.1) is 0 Å². The predicted octanol–water partition coefficient (Wildman–Crippen LogP) is 6.38. The van der Waals surface area contributed by atoms with E-state index < -0.39 is 61.4 Å². The lowest BCUT2D eigenvalue weighted by atomic mass is 9.97. The van der Waals surface area contributed by atoms with Crippen molar-refractivity contribution in [3.05, 3.63) is 179 Å². The minimum atomic E-state index is -1.36. The molecule has 11 heteroatoms. The number of methoxy groups -OCH3 is 1. The van der Waals surface area contributed by atoms with E-state index in [1.165, 1.54) is 0 Å². The summed E-state index contributed by atoms with van der Waals surface area (Å²) in [6.07, 6.45) is -9.50. The maximum Gasteiger partial charge on any atom is 0.186 e. The molecule has 11 nitrogen and oxygen atoms in total. The fourth-order valence-corrected chi connectivity index (χ4v) is 7.27. The van der Waals surface area contributed by atoms with Gasteiger partial charge >= 0.3 is 0 Å². The summed E-state index contributed by atoms with van der Waals surface area (Å²) in [7, 11) is 1.56. The first-order valence-electron chi connectivity index (χ1n) is 20.1. The quantitative estimate of drug-likeness (QED) is 0.0912. The molecule has 0 radical (unpaired) electrons. The van der Waals surface area contributed by atoms with Crippen molar-refractivity contribution in [3.63, 3.8) is 0 Å². The van der Waals surface area contributed by atoms with E-state index in [0.717, 1.165) is 27.8 Å². The predicted molar refractivity (Wildman–Crippen MR) is 218 cm³/mol. The number of aliphatic hydroxyl groups is 2. The van der Waals surface area contributed by atoms with Crippen molar-refractivity contribution >= 4 is 0 Å². The van der Waals surface area contributed by atoms with Crippen LogP contribution >= 0.6 is 0 Å². The highest BCUT2D eigenvalue weighted by molar-refractivity contribution is 5.17. The Kier molecular flexibility index (Phi) is 16.2. The van der Waals surface area contributed by atoms with E-state index in [2.05, 4.69) is 0 Å². The maximum atomic E-state index is 11.7. The van der Waals surface area contributed by atoms with E-state index in [0.29, 0.717) is 6.61 Å². The number of hydrogen-bond acceptors (Lipinski definition) is 11. The SMILES string of the molecule is CO[C@H]1OC(CO[C@H]2OC(COCc3ccccc3)[C@@H](O)C(OCc3ccccc3)C2O)[C@@H](OCc2ccccc2)C(OCc2ccccc2)C1OCc1ccccc1. The highest BCUT2D eigenvalue weighted by Gasteiger charge is 2.51. The molecule has 6 unspecified atom stereocenters. The van der Waals surface area contributed by atoms with Gasteiger partial charge in [0.2, 0.25) is 0 Å². The third kappa shape index (κ3) is 12.1. The Morgan fingerprint density at radius 3 is 1.24 bits per heavy atom. The van der Waals surface area contributed by atoms with Crippen LogP contribution in [-0.4, -0.2) is 91.9 Å². The average molecular weight is 807 g/mol. The third-order valence-electron chi connectivity index (χ3n) is 10.4. The lowest BCUT2D eigenvalue weighted by Crippen LogP contribution is -2.63. The average Bonchev–Trinajstić information content (AvgIpc) is 3.29. The summed E-state index contributed by atoms with van der Waals surface area (Å²) in [6, 6.07) is 48.9. The summed E-state index contributed by atoms with van der Waals surface area (Å²) in [6.45, 7) is 1.21. The molecule has 0 bridgehead atoms. The van der Waals surface area contributed by atoms with E-state index >= 15 is 0 Å². The van der Waals surface area contributed by atoms with Crippen molar-refractivity contribution < 1.29 is 52.8 Å². The molecule has 0 aromatic heterocycles. The van der Waals surface area contributed by atoms with Crippen molar-refractivity contribution in [1.82, 2.24) is 0 Å². The molecule has 5 aromatic rings. The number of rotatable bonds is 20. The monoisotopic (exact) mass is 806 g/mol. The van der Waals surface area contributed by atoms with Crippen molar-refractivity contribution in [2.24, 2.45) is 0 Å². The van der Waals surface area contributed by atoms with Gasteiger partial charge in [0, 0.05) is 7.11 Å². The van der Waals surface area contributed by atoms with Gasteiger partial charge in [-0.3, -0.25) is 0 Å². The van der Waals surface area contributed by atoms with E-state index in [9.17, 15) is 10.2 Å². The summed E-state index contributed by atoms with van der Waals surface area (Å²) >= 11 is 0. The van der Waals surface area contributed by atoms with Gasteiger partial charge in [0.25, 0.3) is 0 Å². The lowest BCUT2D eigenvalue weighted by Gasteiger charge is -2.46. The van der Waals surface area contributed by atoms with Gasteiger partial charge in [0.1, 0.15) is 48.8 Å². The second kappa shape index (κ2) is 22.3. The summed E-state index contributed by atoms with van der Waals surface area (Å²) in [5.41, 5.74) is 4.78. The molecule has 2 N–H and O–H groups in total. The standard InChI is InChI=1S/C48H54O11/c1-51-48-46(56-31-38-25-15-6-16-26-38)45(55-30-37-23-13-5-14-24-37)43(53-28-35-19-9-3-10-20-35)40(59-48)33-57-47-42(50)44(54-29-36-21-11-4-12-22-36)41(49)39(58-47)32-52-27-34-17-7-2-8-18-34/h2-26,39-50H,27-33H2,1H3/t39?,40?,41-,42?,43-,44?,45?,46?,47+,48+/m1/s1. The fourth-order valence-electron chi connectivity index (χ4n) is 7.27. The van der Waals surface area contributed by atoms with Crippen LogP contribution in [0.1, 0.15) is 27.8 Å². The van der Waals surface area contributed by atoms with Crippen molar-refractivity contribution in [2.75, 3.05) is 20.3 Å². The Balaban J connectivity index is 1.12. The second-order valence-corrected chi connectivity index (χ2v) is 14.7. The molecule has 2 heterocycles. The van der Waals surface area contributed by atoms with Gasteiger partial charge in [-0.15, -0.1) is 0 Å². The summed E-state index contributed by atoms with van der Waals surface area (Å²) < 4.78 is 57.5. The first kappa shape index (κ1) is 42.8. The van der Waals surface area contributed by atoms with Crippen LogP contribution < -0.4 is 0 Å². The van der Waals surface area contributed by atoms with Crippen LogP contribution in [0.4, 0.5) is 0 Å². The molecule has 5 aromatic carbocycles. The molecule has 7 rings (SSSR count). The molecule has 2 saturated heterocycles. The first-order valence-corrected chi connectivity index (χ1v) is 20.1. The highest BCUT2D eigenvalue weighted by Crippen LogP contribution is 2.33. The number of aliphatic hydroxyl groups excluding tert-OH is 2. The zero-order chi connectivity index (χ0) is 40.7. The van der Waals surface area contributed by atoms with Crippen LogP contribution in [0.15, 0.2) is 152 Å². The molecule has 0 amide bonds. The van der Waals surface area contributed by atoms with Gasteiger partial charge in [-0.25, -0.2) is 0 Å². The smallest absolute Gasteiger partial charge is 0.186 e. The van der Waals surface area contributed by atoms with Crippen LogP contribution in [0.3, 0.4) is 0 Å². The lowest BCUT2D eigenvalue weighted by molar-refractivity contribution is -0.344. The largest absolute Gasteiger partial charge is 0.387 e. The second-order valence-electron chi connectivity index (χ2n) is 14.7. The number of hydrogen-bond donors (Lipinski definition) is 2. The third-order valence-corrected chi connectivity index (χ3v) is 10.4. The van der Waals surface area contributed by atoms with E-state index in [1.54, 1.807) is 7.11 Å². The van der Waals surface area contributed by atoms with Gasteiger partial charge in [0.15, 0.2) is 12.6 Å². The van der Waals surface area contributed by atoms with Crippen LogP contribution in [0.25, 0.3) is 0 Å². The first-order chi connectivity index (χ1) is 29.1. The molecule has 59 heavy (non-hydrogen) atoms. The van der Waals surface area contributed by atoms with E-state index in [1.807, 2.05) is 152 Å². The van der Waals surface area contributed by atoms with Gasteiger partial charge in [0.05, 0.1) is 46.2 Å². The van der Waals surface area contributed by atoms with Crippen molar-refractivity contribution in [1.29, 1.82) is 0 Å². The number of benzene rings is 5. The summed E-state index contributed by atoms with van der Waals surface area (Å²) in [5, 5.41) is 23.2. The minimum Gasteiger partial charge on any atom is -0.387 e. The molecule has 0 spiro atoms. The molecule has 0 saturated carbocycles. The Morgan fingerprint density at radius 1 is 0.390 bits per heavy atom. The van der Waals surface area contributed by atoms with Crippen molar-refractivity contribution in [3.8, 4) is 0 Å². The van der Waals surface area contributed by atoms with Gasteiger partial charge in [-0.1, -0.05) is 152 Å². The fraction of sp³-hybridized carbons (Fsp3) is 0.375. The topological polar surface area (TPSA) is 124 Å². The Bertz CT molecular complexity index is 1890. The normalized spacial score (nSPS) is 27.0. The molecule has 10 atom stereocenters. The molecule has 2 aliphatic heterocycles. The maximum absolute atomic E-state index is 11.7. The molecule has 0 aliphatic carbocycles. The number of ether oxygens (including phenoxy) is 9. The van der Waals surface area contributed by atoms with Crippen LogP contribution in [-0.2, 0) is 75.7 Å². The molecule has 2 aliphatic rings. The zero-order valence-electron chi connectivity index (χ0n) is 33.2. The van der Waals surface area contributed by atoms with Gasteiger partial charge in [-0.2, -0.15) is 0 Å². The summed E-state index contributed by atoms with van der Waals surface area (Å²) in [5.74, 6) is 0. The van der Waals surface area contributed by atoms with E-state index in [4.69, 9.17) is 42.6 Å². The molecular formula is C48H54O11. The van der Waals surface area contributed by atoms with E-state index in [-0.39, 0.29) is 39.6 Å².